The number of ether oxygens (including phenoxy) is 2. The van der Waals surface area contributed by atoms with Crippen LogP contribution in [0.2, 0.25) is 0 Å². The minimum absolute atomic E-state index is 0.0818. The zero-order valence-electron chi connectivity index (χ0n) is 21.1. The van der Waals surface area contributed by atoms with Crippen molar-refractivity contribution in [1.82, 2.24) is 14.5 Å². The molecule has 0 N–H and O–H groups in total. The number of fused-ring (bicyclic) bond motifs is 1. The number of methoxy groups -OCH3 is 2. The van der Waals surface area contributed by atoms with Gasteiger partial charge in [0.25, 0.3) is 17.4 Å². The third-order valence-electron chi connectivity index (χ3n) is 6.90. The predicted octanol–water partition coefficient (Wildman–Crippen LogP) is 3.61. The Morgan fingerprint density at radius 1 is 0.947 bits per heavy atom. The van der Waals surface area contributed by atoms with E-state index in [1.807, 2.05) is 18.2 Å². The van der Waals surface area contributed by atoms with Crippen LogP contribution in [-0.4, -0.2) is 47.0 Å². The van der Waals surface area contributed by atoms with Crippen molar-refractivity contribution in [3.05, 3.63) is 86.3 Å². The van der Waals surface area contributed by atoms with Crippen molar-refractivity contribution >= 4 is 28.4 Å². The fourth-order valence-electron chi connectivity index (χ4n) is 4.91. The summed E-state index contributed by atoms with van der Waals surface area (Å²) < 4.78 is 12.3. The number of rotatable bonds is 9. The molecular weight excluding hydrogens is 488 g/mol. The maximum absolute atomic E-state index is 13.5. The fourth-order valence-corrected chi connectivity index (χ4v) is 4.91. The highest BCUT2D eigenvalue weighted by Gasteiger charge is 2.37. The van der Waals surface area contributed by atoms with Gasteiger partial charge in [0.15, 0.2) is 11.5 Å². The van der Waals surface area contributed by atoms with Gasteiger partial charge in [-0.3, -0.25) is 23.9 Å². The van der Waals surface area contributed by atoms with E-state index < -0.39 is 0 Å². The van der Waals surface area contributed by atoms with Crippen LogP contribution < -0.4 is 15.0 Å². The summed E-state index contributed by atoms with van der Waals surface area (Å²) in [5.41, 5.74) is 2.13. The highest BCUT2D eigenvalue weighted by atomic mass is 16.5. The normalized spacial score (nSPS) is 14.8. The highest BCUT2D eigenvalue weighted by Crippen LogP contribution is 2.30. The Balaban J connectivity index is 1.46. The molecule has 1 aliphatic carbocycles. The lowest BCUT2D eigenvalue weighted by atomic mass is 10.00. The van der Waals surface area contributed by atoms with Crippen LogP contribution in [0.4, 0.5) is 5.69 Å². The van der Waals surface area contributed by atoms with Crippen molar-refractivity contribution in [2.24, 2.45) is 5.18 Å². The van der Waals surface area contributed by atoms with Crippen molar-refractivity contribution in [2.75, 3.05) is 20.8 Å². The second-order valence-corrected chi connectivity index (χ2v) is 9.06. The van der Waals surface area contributed by atoms with Crippen molar-refractivity contribution in [1.29, 1.82) is 0 Å². The summed E-state index contributed by atoms with van der Waals surface area (Å²) in [5, 5.41) is 3.30. The number of nitroso groups, excluding NO2 is 1. The maximum Gasteiger partial charge on any atom is 0.261 e. The Kier molecular flexibility index (Phi) is 6.87. The number of nitrogens with zero attached hydrogens (tertiary/aromatic N) is 4. The van der Waals surface area contributed by atoms with Gasteiger partial charge in [0.05, 0.1) is 25.1 Å². The summed E-state index contributed by atoms with van der Waals surface area (Å²) in [4.78, 5) is 56.3. The van der Waals surface area contributed by atoms with Crippen LogP contribution in [0.5, 0.6) is 11.5 Å². The Hall–Kier alpha value is -4.60. The molecule has 2 aromatic carbocycles. The Labute approximate surface area is 218 Å². The molecule has 2 amide bonds. The van der Waals surface area contributed by atoms with E-state index in [0.29, 0.717) is 58.8 Å². The molecule has 10 nitrogen and oxygen atoms in total. The quantitative estimate of drug-likeness (QED) is 0.316. The second kappa shape index (κ2) is 10.4. The molecule has 0 saturated carbocycles. The molecule has 194 valence electrons. The standard InChI is InChI=1S/C28H26N4O6/c1-37-23-10-7-17(15-24(23)38-2)11-13-31-25(29-22-16-18(30-36)8-9-21(22)28(31)35)12-14-32-26(33)19-5-3-4-6-20(19)27(32)34/h3,5,7-10,15-16H,4,6,11-14H2,1-2H3. The van der Waals surface area contributed by atoms with E-state index in [1.165, 1.54) is 23.1 Å². The van der Waals surface area contributed by atoms with Gasteiger partial charge in [0.2, 0.25) is 0 Å². The number of hydrogen-bond donors (Lipinski definition) is 0. The average molecular weight is 515 g/mol. The number of hydrogen-bond acceptors (Lipinski definition) is 8. The zero-order valence-corrected chi connectivity index (χ0v) is 21.1. The Morgan fingerprint density at radius 2 is 1.76 bits per heavy atom. The first-order valence-electron chi connectivity index (χ1n) is 12.3. The van der Waals surface area contributed by atoms with Gasteiger partial charge in [0.1, 0.15) is 11.5 Å². The molecule has 0 unspecified atom stereocenters. The van der Waals surface area contributed by atoms with Crippen LogP contribution >= 0.6 is 0 Å². The van der Waals surface area contributed by atoms with Gasteiger partial charge in [-0.15, -0.1) is 4.91 Å². The van der Waals surface area contributed by atoms with E-state index in [2.05, 4.69) is 10.2 Å². The molecule has 10 heteroatoms. The summed E-state index contributed by atoms with van der Waals surface area (Å²) in [6.07, 6.45) is 5.54. The number of allylic oxidation sites excluding steroid dienone is 1. The van der Waals surface area contributed by atoms with Crippen LogP contribution in [0.15, 0.2) is 69.7 Å². The zero-order chi connectivity index (χ0) is 26.8. The molecule has 0 fully saturated rings. The molecule has 2 heterocycles. The highest BCUT2D eigenvalue weighted by molar-refractivity contribution is 6.20. The molecule has 0 spiro atoms. The summed E-state index contributed by atoms with van der Waals surface area (Å²) in [5.74, 6) is 0.981. The first-order chi connectivity index (χ1) is 18.4. The lowest BCUT2D eigenvalue weighted by Gasteiger charge is -2.18. The molecule has 2 aliphatic rings. The minimum Gasteiger partial charge on any atom is -0.493 e. The van der Waals surface area contributed by atoms with E-state index in [4.69, 9.17) is 9.47 Å². The topological polar surface area (TPSA) is 120 Å². The second-order valence-electron chi connectivity index (χ2n) is 9.06. The molecule has 3 aromatic rings. The number of amides is 2. The van der Waals surface area contributed by atoms with Gasteiger partial charge in [0, 0.05) is 30.7 Å². The monoisotopic (exact) mass is 514 g/mol. The van der Waals surface area contributed by atoms with Gasteiger partial charge in [-0.2, -0.15) is 0 Å². The number of benzene rings is 2. The Morgan fingerprint density at radius 3 is 2.50 bits per heavy atom. The minimum atomic E-state index is -0.326. The van der Waals surface area contributed by atoms with Crippen molar-refractivity contribution in [3.8, 4) is 11.5 Å². The van der Waals surface area contributed by atoms with Crippen molar-refractivity contribution in [2.45, 2.75) is 32.2 Å². The Bertz CT molecular complexity index is 1590. The third kappa shape index (κ3) is 4.49. The predicted molar refractivity (Wildman–Crippen MR) is 141 cm³/mol. The average Bonchev–Trinajstić information content (AvgIpc) is 3.19. The van der Waals surface area contributed by atoms with E-state index in [0.717, 1.165) is 12.0 Å². The van der Waals surface area contributed by atoms with Gasteiger partial charge >= 0.3 is 0 Å². The van der Waals surface area contributed by atoms with E-state index >= 15 is 0 Å². The van der Waals surface area contributed by atoms with Crippen LogP contribution in [0.1, 0.15) is 24.2 Å². The number of carbonyl (C=O) groups is 2. The fraction of sp³-hybridized carbons (Fsp3) is 0.286. The van der Waals surface area contributed by atoms with Crippen molar-refractivity contribution < 1.29 is 19.1 Å². The maximum atomic E-state index is 13.5. The summed E-state index contributed by atoms with van der Waals surface area (Å²) in [7, 11) is 3.12. The van der Waals surface area contributed by atoms with Crippen LogP contribution in [0.3, 0.4) is 0 Å². The summed E-state index contributed by atoms with van der Waals surface area (Å²) in [6, 6.07) is 10.0. The van der Waals surface area contributed by atoms with Gasteiger partial charge < -0.3 is 9.47 Å². The molecule has 0 saturated heterocycles. The first kappa shape index (κ1) is 25.1. The molecule has 0 bridgehead atoms. The number of carbonyl (C=O) groups excluding carboxylic acids is 2. The largest absolute Gasteiger partial charge is 0.493 e. The van der Waals surface area contributed by atoms with Gasteiger partial charge in [-0.25, -0.2) is 4.98 Å². The third-order valence-corrected chi connectivity index (χ3v) is 6.90. The van der Waals surface area contributed by atoms with Gasteiger partial charge in [-0.1, -0.05) is 18.2 Å². The molecule has 5 rings (SSSR count). The van der Waals surface area contributed by atoms with E-state index in [1.54, 1.807) is 30.9 Å². The summed E-state index contributed by atoms with van der Waals surface area (Å²) >= 11 is 0. The molecule has 1 aromatic heterocycles. The number of imide groups is 1. The van der Waals surface area contributed by atoms with E-state index in [9.17, 15) is 19.3 Å². The molecule has 1 aliphatic heterocycles. The van der Waals surface area contributed by atoms with Crippen LogP contribution in [0, 0.1) is 4.91 Å². The molecular formula is C28H26N4O6. The van der Waals surface area contributed by atoms with Gasteiger partial charge in [-0.05, 0) is 60.3 Å². The first-order valence-corrected chi connectivity index (χ1v) is 12.3. The lowest BCUT2D eigenvalue weighted by Crippen LogP contribution is -2.35. The molecule has 0 radical (unpaired) electrons. The van der Waals surface area contributed by atoms with Crippen molar-refractivity contribution in [3.63, 3.8) is 0 Å². The SMILES string of the molecule is COc1ccc(CCn2c(CCN3C(=O)C4=C(CCC=C4)C3=O)nc3cc(N=O)ccc3c2=O)cc1OC. The van der Waals surface area contributed by atoms with Crippen LogP contribution in [0.25, 0.3) is 10.9 Å². The summed E-state index contributed by atoms with van der Waals surface area (Å²) in [6.45, 7) is 0.387. The number of aromatic nitrogens is 2. The number of aryl methyl sites for hydroxylation is 1. The smallest absolute Gasteiger partial charge is 0.261 e. The lowest BCUT2D eigenvalue weighted by molar-refractivity contribution is -0.137. The molecule has 38 heavy (non-hydrogen) atoms. The van der Waals surface area contributed by atoms with E-state index in [-0.39, 0.29) is 36.0 Å². The molecule has 0 atom stereocenters. The van der Waals surface area contributed by atoms with Crippen LogP contribution in [-0.2, 0) is 29.0 Å².